The van der Waals surface area contributed by atoms with Gasteiger partial charge >= 0.3 is 6.18 Å². The number of allylic oxidation sites excluding steroid dienone is 1. The lowest BCUT2D eigenvalue weighted by Crippen LogP contribution is -2.03. The molecule has 0 aliphatic rings. The molecule has 0 atom stereocenters. The first-order chi connectivity index (χ1) is 12.5. The fraction of sp³-hybridized carbons (Fsp3) is 0.364. The molecule has 0 aromatic heterocycles. The van der Waals surface area contributed by atoms with Gasteiger partial charge in [-0.05, 0) is 54.5 Å². The summed E-state index contributed by atoms with van der Waals surface area (Å²) in [4.78, 5) is 0. The maximum Gasteiger partial charge on any atom is 0.416 e. The van der Waals surface area contributed by atoms with E-state index in [1.165, 1.54) is 17.7 Å². The number of aliphatic hydroxyl groups excluding tert-OH is 1. The van der Waals surface area contributed by atoms with E-state index in [2.05, 4.69) is 6.07 Å². The van der Waals surface area contributed by atoms with Gasteiger partial charge in [-0.15, -0.1) is 0 Å². The Bertz CT molecular complexity index is 687. The molecule has 0 amide bonds. The van der Waals surface area contributed by atoms with Crippen LogP contribution in [-0.4, -0.2) is 5.11 Å². The van der Waals surface area contributed by atoms with E-state index >= 15 is 0 Å². The van der Waals surface area contributed by atoms with Crippen LogP contribution in [0.4, 0.5) is 13.2 Å². The third kappa shape index (κ3) is 6.68. The molecular weight excluding hydrogens is 337 g/mol. The predicted molar refractivity (Wildman–Crippen MR) is 99.6 cm³/mol. The number of halogens is 3. The number of hydrogen-bond donors (Lipinski definition) is 1. The molecule has 2 aromatic rings. The van der Waals surface area contributed by atoms with Gasteiger partial charge in [-0.3, -0.25) is 0 Å². The van der Waals surface area contributed by atoms with E-state index in [0.717, 1.165) is 61.8 Å². The second kappa shape index (κ2) is 10.2. The maximum atomic E-state index is 12.5. The molecule has 1 N–H and O–H groups in total. The molecule has 0 fully saturated rings. The Morgan fingerprint density at radius 2 is 1.46 bits per heavy atom. The van der Waals surface area contributed by atoms with Gasteiger partial charge in [0.25, 0.3) is 0 Å². The Morgan fingerprint density at radius 3 is 2.12 bits per heavy atom. The minimum Gasteiger partial charge on any atom is -0.392 e. The summed E-state index contributed by atoms with van der Waals surface area (Å²) in [7, 11) is 0. The van der Waals surface area contributed by atoms with Gasteiger partial charge in [-0.25, -0.2) is 0 Å². The van der Waals surface area contributed by atoms with Gasteiger partial charge in [0, 0.05) is 0 Å². The van der Waals surface area contributed by atoms with E-state index in [9.17, 15) is 18.3 Å². The number of aryl methyl sites for hydroxylation is 1. The first-order valence-electron chi connectivity index (χ1n) is 9.02. The van der Waals surface area contributed by atoms with Crippen molar-refractivity contribution in [1.29, 1.82) is 0 Å². The molecule has 2 aromatic carbocycles. The molecule has 0 heterocycles. The standard InChI is InChI=1S/C22H25F3O/c23-22(24,25)21-15-13-18(14-16-21)9-5-3-1-2-4-6-10-19-11-7-8-12-20(19)17-26/h5,7-9,11-16,26H,1-4,6,10,17H2/b9-5-. The Morgan fingerprint density at radius 1 is 0.808 bits per heavy atom. The molecule has 0 aliphatic carbocycles. The Hall–Kier alpha value is -2.07. The topological polar surface area (TPSA) is 20.2 Å². The van der Waals surface area contributed by atoms with Crippen molar-refractivity contribution in [2.24, 2.45) is 0 Å². The molecule has 2 rings (SSSR count). The largest absolute Gasteiger partial charge is 0.416 e. The molecule has 1 nitrogen and oxygen atoms in total. The summed E-state index contributed by atoms with van der Waals surface area (Å²) >= 11 is 0. The summed E-state index contributed by atoms with van der Waals surface area (Å²) in [6.45, 7) is 0.0882. The Labute approximate surface area is 153 Å². The number of benzene rings is 2. The van der Waals surface area contributed by atoms with Gasteiger partial charge in [-0.1, -0.05) is 61.4 Å². The van der Waals surface area contributed by atoms with Crippen molar-refractivity contribution in [1.82, 2.24) is 0 Å². The van der Waals surface area contributed by atoms with Crippen molar-refractivity contribution in [3.05, 3.63) is 76.9 Å². The Kier molecular flexibility index (Phi) is 7.92. The summed E-state index contributed by atoms with van der Waals surface area (Å²) in [5.41, 5.74) is 2.40. The first-order valence-corrected chi connectivity index (χ1v) is 9.02. The normalized spacial score (nSPS) is 12.0. The van der Waals surface area contributed by atoms with Crippen LogP contribution in [0.25, 0.3) is 6.08 Å². The highest BCUT2D eigenvalue weighted by Gasteiger charge is 2.29. The average molecular weight is 362 g/mol. The lowest BCUT2D eigenvalue weighted by atomic mass is 10.0. The molecule has 0 radical (unpaired) electrons. The molecule has 0 saturated carbocycles. The maximum absolute atomic E-state index is 12.5. The lowest BCUT2D eigenvalue weighted by Gasteiger charge is -2.06. The summed E-state index contributed by atoms with van der Waals surface area (Å²) in [5, 5.41) is 9.30. The second-order valence-electron chi connectivity index (χ2n) is 6.40. The number of hydrogen-bond acceptors (Lipinski definition) is 1. The number of rotatable bonds is 9. The average Bonchev–Trinajstić information content (AvgIpc) is 2.64. The van der Waals surface area contributed by atoms with Crippen molar-refractivity contribution < 1.29 is 18.3 Å². The van der Waals surface area contributed by atoms with Gasteiger partial charge in [0.2, 0.25) is 0 Å². The van der Waals surface area contributed by atoms with Gasteiger partial charge < -0.3 is 5.11 Å². The fourth-order valence-electron chi connectivity index (χ4n) is 2.89. The highest BCUT2D eigenvalue weighted by atomic mass is 19.4. The zero-order chi connectivity index (χ0) is 18.8. The molecule has 0 unspecified atom stereocenters. The van der Waals surface area contributed by atoms with E-state index < -0.39 is 11.7 Å². The number of alkyl halides is 3. The summed E-state index contributed by atoms with van der Waals surface area (Å²) in [6, 6.07) is 13.2. The van der Waals surface area contributed by atoms with Crippen LogP contribution in [0, 0.1) is 0 Å². The van der Waals surface area contributed by atoms with Crippen LogP contribution in [0.1, 0.15) is 54.4 Å². The number of unbranched alkanes of at least 4 members (excludes halogenated alkanes) is 4. The zero-order valence-electron chi connectivity index (χ0n) is 14.8. The van der Waals surface area contributed by atoms with Crippen LogP contribution < -0.4 is 0 Å². The highest BCUT2D eigenvalue weighted by Crippen LogP contribution is 2.29. The molecule has 0 spiro atoms. The monoisotopic (exact) mass is 362 g/mol. The van der Waals surface area contributed by atoms with E-state index in [-0.39, 0.29) is 6.61 Å². The lowest BCUT2D eigenvalue weighted by molar-refractivity contribution is -0.137. The summed E-state index contributed by atoms with van der Waals surface area (Å²) < 4.78 is 37.5. The van der Waals surface area contributed by atoms with Crippen LogP contribution >= 0.6 is 0 Å². The van der Waals surface area contributed by atoms with Gasteiger partial charge in [0.15, 0.2) is 0 Å². The van der Waals surface area contributed by atoms with Crippen molar-refractivity contribution in [3.8, 4) is 0 Å². The Balaban J connectivity index is 1.62. The minimum absolute atomic E-state index is 0.0882. The van der Waals surface area contributed by atoms with E-state index in [4.69, 9.17) is 0 Å². The molecule has 0 aliphatic heterocycles. The molecular formula is C22H25F3O. The van der Waals surface area contributed by atoms with E-state index in [1.807, 2.05) is 30.4 Å². The molecule has 4 heteroatoms. The molecule has 26 heavy (non-hydrogen) atoms. The van der Waals surface area contributed by atoms with Crippen molar-refractivity contribution in [2.45, 2.75) is 51.3 Å². The first kappa shape index (κ1) is 20.2. The van der Waals surface area contributed by atoms with Crippen molar-refractivity contribution >= 4 is 6.08 Å². The van der Waals surface area contributed by atoms with Crippen LogP contribution in [0.15, 0.2) is 54.6 Å². The van der Waals surface area contributed by atoms with Crippen LogP contribution in [0.2, 0.25) is 0 Å². The van der Waals surface area contributed by atoms with Crippen LogP contribution in [0.5, 0.6) is 0 Å². The van der Waals surface area contributed by atoms with Crippen LogP contribution in [-0.2, 0) is 19.2 Å². The van der Waals surface area contributed by atoms with E-state index in [0.29, 0.717) is 0 Å². The van der Waals surface area contributed by atoms with Gasteiger partial charge in [-0.2, -0.15) is 13.2 Å². The third-order valence-electron chi connectivity index (χ3n) is 4.40. The number of aliphatic hydroxyl groups is 1. The van der Waals surface area contributed by atoms with Gasteiger partial charge in [0.1, 0.15) is 0 Å². The molecule has 0 saturated heterocycles. The van der Waals surface area contributed by atoms with Gasteiger partial charge in [0.05, 0.1) is 12.2 Å². The van der Waals surface area contributed by atoms with Crippen molar-refractivity contribution in [3.63, 3.8) is 0 Å². The zero-order valence-corrected chi connectivity index (χ0v) is 14.8. The summed E-state index contributed by atoms with van der Waals surface area (Å²) in [6.07, 6.45) is 5.94. The summed E-state index contributed by atoms with van der Waals surface area (Å²) in [5.74, 6) is 0. The quantitative estimate of drug-likeness (QED) is 0.511. The van der Waals surface area contributed by atoms with Crippen molar-refractivity contribution in [2.75, 3.05) is 0 Å². The SMILES string of the molecule is OCc1ccccc1CCCCCC/C=C\c1ccc(C(F)(F)F)cc1. The second-order valence-corrected chi connectivity index (χ2v) is 6.40. The fourth-order valence-corrected chi connectivity index (χ4v) is 2.89. The molecule has 0 bridgehead atoms. The smallest absolute Gasteiger partial charge is 0.392 e. The minimum atomic E-state index is -4.28. The van der Waals surface area contributed by atoms with E-state index in [1.54, 1.807) is 0 Å². The predicted octanol–water partition coefficient (Wildman–Crippen LogP) is 6.40. The third-order valence-corrected chi connectivity index (χ3v) is 4.40. The molecule has 140 valence electrons. The van der Waals surface area contributed by atoms with Crippen LogP contribution in [0.3, 0.4) is 0 Å². The highest BCUT2D eigenvalue weighted by molar-refractivity contribution is 5.49.